The number of rotatable bonds is 6. The van der Waals surface area contributed by atoms with Crippen molar-refractivity contribution in [3.05, 3.63) is 65.2 Å². The van der Waals surface area contributed by atoms with Gasteiger partial charge in [-0.2, -0.15) is 0 Å². The third kappa shape index (κ3) is 4.57. The Morgan fingerprint density at radius 2 is 1.57 bits per heavy atom. The average Bonchev–Trinajstić information content (AvgIpc) is 2.56. The smallest absolute Gasteiger partial charge is 0.236 e. The highest BCUT2D eigenvalue weighted by molar-refractivity contribution is 5.77. The first kappa shape index (κ1) is 17.0. The Balaban J connectivity index is 2.26. The minimum absolute atomic E-state index is 0.0367. The van der Waals surface area contributed by atoms with Gasteiger partial charge in [0.05, 0.1) is 19.7 Å². The van der Waals surface area contributed by atoms with Gasteiger partial charge in [-0.25, -0.2) is 0 Å². The fraction of sp³-hybridized carbons (Fsp3) is 0.316. The summed E-state index contributed by atoms with van der Waals surface area (Å²) in [5.74, 6) is 0.872. The van der Waals surface area contributed by atoms with Crippen LogP contribution in [0.15, 0.2) is 48.5 Å². The normalized spacial score (nSPS) is 11.8. The molecule has 0 aromatic heterocycles. The molecule has 1 amide bonds. The van der Waals surface area contributed by atoms with Gasteiger partial charge in [0.1, 0.15) is 5.75 Å². The van der Waals surface area contributed by atoms with Crippen LogP contribution in [0.1, 0.15) is 22.7 Å². The van der Waals surface area contributed by atoms with Gasteiger partial charge < -0.3 is 9.64 Å². The Hall–Kier alpha value is -2.33. The van der Waals surface area contributed by atoms with Crippen LogP contribution in [0.4, 0.5) is 0 Å². The van der Waals surface area contributed by atoms with Crippen LogP contribution in [0.2, 0.25) is 0 Å². The van der Waals surface area contributed by atoms with Gasteiger partial charge in [-0.3, -0.25) is 10.1 Å². The molecule has 1 N–H and O–H groups in total. The molecule has 2 rings (SSSR count). The average molecular weight is 312 g/mol. The lowest BCUT2D eigenvalue weighted by Gasteiger charge is -2.21. The molecule has 23 heavy (non-hydrogen) atoms. The van der Waals surface area contributed by atoms with Crippen molar-refractivity contribution >= 4 is 5.91 Å². The predicted molar refractivity (Wildman–Crippen MR) is 92.7 cm³/mol. The summed E-state index contributed by atoms with van der Waals surface area (Å²) in [4.78, 5) is 13.5. The van der Waals surface area contributed by atoms with Crippen LogP contribution in [-0.2, 0) is 4.79 Å². The highest BCUT2D eigenvalue weighted by Gasteiger charge is 2.16. The summed E-state index contributed by atoms with van der Waals surface area (Å²) in [6, 6.07) is 16.2. The van der Waals surface area contributed by atoms with Crippen LogP contribution in [0.5, 0.6) is 5.75 Å². The Labute approximate surface area is 138 Å². The third-order valence-corrected chi connectivity index (χ3v) is 3.82. The van der Waals surface area contributed by atoms with E-state index in [1.165, 1.54) is 5.56 Å². The van der Waals surface area contributed by atoms with E-state index in [1.807, 2.05) is 24.3 Å². The lowest BCUT2D eigenvalue weighted by atomic mass is 9.97. The van der Waals surface area contributed by atoms with Gasteiger partial charge in [0, 0.05) is 14.1 Å². The van der Waals surface area contributed by atoms with Crippen molar-refractivity contribution < 1.29 is 9.53 Å². The van der Waals surface area contributed by atoms with E-state index >= 15 is 0 Å². The van der Waals surface area contributed by atoms with Crippen LogP contribution in [-0.4, -0.2) is 38.6 Å². The lowest BCUT2D eigenvalue weighted by molar-refractivity contribution is -0.127. The highest BCUT2D eigenvalue weighted by Crippen LogP contribution is 2.24. The maximum Gasteiger partial charge on any atom is 0.236 e. The molecule has 1 atom stereocenters. The van der Waals surface area contributed by atoms with Gasteiger partial charge in [-0.15, -0.1) is 0 Å². The molecule has 0 spiro atoms. The number of hydrogen-bond acceptors (Lipinski definition) is 3. The molecule has 0 saturated carbocycles. The van der Waals surface area contributed by atoms with Crippen LogP contribution >= 0.6 is 0 Å². The number of nitrogens with one attached hydrogen (secondary N) is 1. The number of methoxy groups -OCH3 is 1. The van der Waals surface area contributed by atoms with E-state index in [2.05, 4.69) is 36.5 Å². The quantitative estimate of drug-likeness (QED) is 0.892. The lowest BCUT2D eigenvalue weighted by Crippen LogP contribution is -2.35. The summed E-state index contributed by atoms with van der Waals surface area (Å²) < 4.78 is 5.22. The summed E-state index contributed by atoms with van der Waals surface area (Å²) in [6.45, 7) is 2.35. The Morgan fingerprint density at radius 1 is 1.04 bits per heavy atom. The summed E-state index contributed by atoms with van der Waals surface area (Å²) >= 11 is 0. The van der Waals surface area contributed by atoms with Crippen LogP contribution in [0, 0.1) is 6.92 Å². The predicted octanol–water partition coefficient (Wildman–Crippen LogP) is 2.77. The number of ether oxygens (including phenoxy) is 1. The topological polar surface area (TPSA) is 41.6 Å². The number of carbonyl (C=O) groups excluding carboxylic acids is 1. The van der Waals surface area contributed by atoms with Crippen molar-refractivity contribution in [3.8, 4) is 5.75 Å². The number of likely N-dealkylation sites (N-methyl/N-ethyl adjacent to an activating group) is 1. The molecule has 2 aromatic carbocycles. The molecule has 122 valence electrons. The minimum Gasteiger partial charge on any atom is -0.497 e. The van der Waals surface area contributed by atoms with E-state index in [4.69, 9.17) is 4.74 Å². The molecule has 0 saturated heterocycles. The molecule has 0 heterocycles. The van der Waals surface area contributed by atoms with Gasteiger partial charge in [0.15, 0.2) is 0 Å². The van der Waals surface area contributed by atoms with Crippen LogP contribution < -0.4 is 10.1 Å². The van der Waals surface area contributed by atoms with E-state index in [0.29, 0.717) is 0 Å². The van der Waals surface area contributed by atoms with Gasteiger partial charge in [0.25, 0.3) is 0 Å². The summed E-state index contributed by atoms with van der Waals surface area (Å²) in [5, 5.41) is 3.36. The largest absolute Gasteiger partial charge is 0.497 e. The molecule has 4 nitrogen and oxygen atoms in total. The Morgan fingerprint density at radius 3 is 2.04 bits per heavy atom. The van der Waals surface area contributed by atoms with Crippen molar-refractivity contribution in [2.45, 2.75) is 13.0 Å². The van der Waals surface area contributed by atoms with Crippen molar-refractivity contribution in [2.75, 3.05) is 27.7 Å². The van der Waals surface area contributed by atoms with E-state index in [0.717, 1.165) is 16.9 Å². The second kappa shape index (κ2) is 7.79. The standard InChI is InChI=1S/C19H24N2O2/c1-14-5-7-15(8-6-14)19(20-13-18(22)21(2)3)16-9-11-17(23-4)12-10-16/h5-12,19-20H,13H2,1-4H3/t19-/m0/s1. The Bertz CT molecular complexity index is 633. The maximum atomic E-state index is 11.9. The molecule has 4 heteroatoms. The number of benzene rings is 2. The molecular weight excluding hydrogens is 288 g/mol. The number of hydrogen-bond donors (Lipinski definition) is 1. The first-order valence-corrected chi connectivity index (χ1v) is 7.65. The van der Waals surface area contributed by atoms with E-state index in [9.17, 15) is 4.79 Å². The molecule has 0 aliphatic carbocycles. The second-order valence-electron chi connectivity index (χ2n) is 5.79. The van der Waals surface area contributed by atoms with E-state index in [1.54, 1.807) is 26.1 Å². The summed E-state index contributed by atoms with van der Waals surface area (Å²) in [7, 11) is 5.18. The number of aryl methyl sites for hydroxylation is 1. The first-order valence-electron chi connectivity index (χ1n) is 7.65. The molecular formula is C19H24N2O2. The van der Waals surface area contributed by atoms with Gasteiger partial charge in [-0.05, 0) is 30.2 Å². The highest BCUT2D eigenvalue weighted by atomic mass is 16.5. The zero-order chi connectivity index (χ0) is 16.8. The molecule has 0 aliphatic rings. The van der Waals surface area contributed by atoms with E-state index in [-0.39, 0.29) is 18.5 Å². The van der Waals surface area contributed by atoms with Gasteiger partial charge in [-0.1, -0.05) is 42.0 Å². The van der Waals surface area contributed by atoms with Gasteiger partial charge >= 0.3 is 0 Å². The zero-order valence-electron chi connectivity index (χ0n) is 14.2. The summed E-state index contributed by atoms with van der Waals surface area (Å²) in [6.07, 6.45) is 0. The monoisotopic (exact) mass is 312 g/mol. The number of nitrogens with zero attached hydrogens (tertiary/aromatic N) is 1. The molecule has 0 aliphatic heterocycles. The number of carbonyl (C=O) groups is 1. The second-order valence-corrected chi connectivity index (χ2v) is 5.79. The van der Waals surface area contributed by atoms with Crippen molar-refractivity contribution in [2.24, 2.45) is 0 Å². The molecule has 0 bridgehead atoms. The van der Waals surface area contributed by atoms with Crippen molar-refractivity contribution in [1.29, 1.82) is 0 Å². The number of amides is 1. The molecule has 2 aromatic rings. The van der Waals surface area contributed by atoms with Gasteiger partial charge in [0.2, 0.25) is 5.91 Å². The molecule has 0 fully saturated rings. The molecule has 0 unspecified atom stereocenters. The summed E-state index contributed by atoms with van der Waals surface area (Å²) in [5.41, 5.74) is 3.44. The fourth-order valence-corrected chi connectivity index (χ4v) is 2.33. The Kier molecular flexibility index (Phi) is 5.77. The van der Waals surface area contributed by atoms with Crippen molar-refractivity contribution in [1.82, 2.24) is 10.2 Å². The van der Waals surface area contributed by atoms with E-state index < -0.39 is 0 Å². The minimum atomic E-state index is -0.0367. The fourth-order valence-electron chi connectivity index (χ4n) is 2.33. The third-order valence-electron chi connectivity index (χ3n) is 3.82. The molecule has 0 radical (unpaired) electrons. The SMILES string of the molecule is COc1ccc([C@@H](NCC(=O)N(C)C)c2ccc(C)cc2)cc1. The van der Waals surface area contributed by atoms with Crippen LogP contribution in [0.3, 0.4) is 0 Å². The zero-order valence-corrected chi connectivity index (χ0v) is 14.2. The first-order chi connectivity index (χ1) is 11.0. The van der Waals surface area contributed by atoms with Crippen molar-refractivity contribution in [3.63, 3.8) is 0 Å². The van der Waals surface area contributed by atoms with Crippen LogP contribution in [0.25, 0.3) is 0 Å². The maximum absolute atomic E-state index is 11.9.